The van der Waals surface area contributed by atoms with Crippen LogP contribution in [0.3, 0.4) is 0 Å². The van der Waals surface area contributed by atoms with Crippen molar-refractivity contribution in [3.8, 4) is 0 Å². The van der Waals surface area contributed by atoms with Crippen LogP contribution in [0.2, 0.25) is 0 Å². The molecule has 1 fully saturated rings. The van der Waals surface area contributed by atoms with Crippen LogP contribution in [-0.4, -0.2) is 73.6 Å². The molecule has 1 aliphatic rings. The second-order valence-electron chi connectivity index (χ2n) is 5.85. The van der Waals surface area contributed by atoms with Crippen LogP contribution in [0.25, 0.3) is 0 Å². The van der Waals surface area contributed by atoms with E-state index in [2.05, 4.69) is 10.4 Å². The maximum atomic E-state index is 12.8. The number of ether oxygens (including phenoxy) is 2. The number of nitrogens with zero attached hydrogens (tertiary/aromatic N) is 3. The van der Waals surface area contributed by atoms with E-state index in [1.807, 2.05) is 0 Å². The van der Waals surface area contributed by atoms with Crippen molar-refractivity contribution in [2.45, 2.75) is 24.8 Å². The zero-order valence-electron chi connectivity index (χ0n) is 14.4. The molecule has 8 nitrogen and oxygen atoms in total. The number of nitrogens with one attached hydrogen (secondary N) is 1. The van der Waals surface area contributed by atoms with E-state index in [0.717, 1.165) is 0 Å². The maximum Gasteiger partial charge on any atom is 0.248 e. The molecule has 2 heterocycles. The van der Waals surface area contributed by atoms with Gasteiger partial charge in [0, 0.05) is 46.2 Å². The summed E-state index contributed by atoms with van der Waals surface area (Å²) in [7, 11) is 3.18. The summed E-state index contributed by atoms with van der Waals surface area (Å²) in [6.07, 6.45) is 4.91. The van der Waals surface area contributed by atoms with Crippen LogP contribution in [0.15, 0.2) is 18.5 Å². The van der Waals surface area contributed by atoms with Gasteiger partial charge in [0.25, 0.3) is 0 Å². The lowest BCUT2D eigenvalue weighted by molar-refractivity contribution is -0.140. The number of aromatic nitrogens is 2. The molecule has 134 valence electrons. The minimum Gasteiger partial charge on any atom is -0.384 e. The lowest BCUT2D eigenvalue weighted by Gasteiger charge is -2.40. The first kappa shape index (κ1) is 18.4. The van der Waals surface area contributed by atoms with Gasteiger partial charge in [-0.2, -0.15) is 5.10 Å². The molecule has 2 rings (SSSR count). The Morgan fingerprint density at radius 3 is 2.50 bits per heavy atom. The van der Waals surface area contributed by atoms with Crippen molar-refractivity contribution in [1.29, 1.82) is 0 Å². The predicted molar refractivity (Wildman–Crippen MR) is 87.4 cm³/mol. The van der Waals surface area contributed by atoms with Gasteiger partial charge in [-0.15, -0.1) is 0 Å². The number of methoxy groups -OCH3 is 2. The number of carbonyl (C=O) groups is 2. The molecule has 0 radical (unpaired) electrons. The van der Waals surface area contributed by atoms with Crippen LogP contribution in [0, 0.1) is 0 Å². The maximum absolute atomic E-state index is 12.8. The summed E-state index contributed by atoms with van der Waals surface area (Å²) in [5.41, 5.74) is -0.755. The topological polar surface area (TPSA) is 85.7 Å². The fraction of sp³-hybridized carbons (Fsp3) is 0.688. The van der Waals surface area contributed by atoms with Gasteiger partial charge in [0.2, 0.25) is 11.8 Å². The number of hydrogen-bond donors (Lipinski definition) is 1. The highest BCUT2D eigenvalue weighted by Gasteiger charge is 2.44. The highest BCUT2D eigenvalue weighted by molar-refractivity contribution is 5.85. The predicted octanol–water partition coefficient (Wildman–Crippen LogP) is -0.0001000. The molecule has 0 spiro atoms. The Hall–Kier alpha value is -1.93. The number of piperidine rings is 1. The number of amides is 2. The molecule has 0 atom stereocenters. The molecule has 0 unspecified atom stereocenters. The number of rotatable bonds is 8. The van der Waals surface area contributed by atoms with Crippen LogP contribution in [0.4, 0.5) is 0 Å². The van der Waals surface area contributed by atoms with Gasteiger partial charge in [0.05, 0.1) is 19.6 Å². The Kier molecular flexibility index (Phi) is 6.74. The second-order valence-corrected chi connectivity index (χ2v) is 5.85. The third kappa shape index (κ3) is 4.12. The van der Waals surface area contributed by atoms with Crippen molar-refractivity contribution in [2.24, 2.45) is 0 Å². The highest BCUT2D eigenvalue weighted by Crippen LogP contribution is 2.30. The lowest BCUT2D eigenvalue weighted by atomic mass is 9.86. The van der Waals surface area contributed by atoms with E-state index in [-0.39, 0.29) is 11.8 Å². The van der Waals surface area contributed by atoms with Gasteiger partial charge in [-0.3, -0.25) is 14.3 Å². The summed E-state index contributed by atoms with van der Waals surface area (Å²) in [6, 6.07) is 1.81. The standard InChI is InChI=1S/C16H26N4O4/c1-23-12-4-14(21)19-10-5-16(6-11-19,20-9-3-7-18-20)15(22)17-8-13-24-2/h3,7,9H,4-6,8,10-13H2,1-2H3,(H,17,22). The molecule has 0 saturated carbocycles. The lowest BCUT2D eigenvalue weighted by Crippen LogP contribution is -2.56. The van der Waals surface area contributed by atoms with Crippen molar-refractivity contribution in [2.75, 3.05) is 47.1 Å². The Balaban J connectivity index is 2.05. The summed E-state index contributed by atoms with van der Waals surface area (Å²) < 4.78 is 11.7. The first-order valence-corrected chi connectivity index (χ1v) is 8.18. The molecule has 1 aromatic heterocycles. The van der Waals surface area contributed by atoms with Crippen LogP contribution < -0.4 is 5.32 Å². The van der Waals surface area contributed by atoms with E-state index in [1.54, 1.807) is 42.3 Å². The molecule has 0 aromatic carbocycles. The Morgan fingerprint density at radius 1 is 1.21 bits per heavy atom. The molecule has 1 aromatic rings. The minimum absolute atomic E-state index is 0.0608. The van der Waals surface area contributed by atoms with Crippen molar-refractivity contribution in [3.63, 3.8) is 0 Å². The molecule has 1 aliphatic heterocycles. The van der Waals surface area contributed by atoms with Gasteiger partial charge in [0.1, 0.15) is 5.54 Å². The Labute approximate surface area is 142 Å². The Bertz CT molecular complexity index is 524. The van der Waals surface area contributed by atoms with Crippen LogP contribution in [0.5, 0.6) is 0 Å². The van der Waals surface area contributed by atoms with Gasteiger partial charge < -0.3 is 19.7 Å². The SMILES string of the molecule is COCCNC(=O)C1(n2cccn2)CCN(C(=O)CCOC)CC1. The molecule has 0 aliphatic carbocycles. The van der Waals surface area contributed by atoms with Gasteiger partial charge >= 0.3 is 0 Å². The van der Waals surface area contributed by atoms with E-state index < -0.39 is 5.54 Å². The van der Waals surface area contributed by atoms with E-state index in [4.69, 9.17) is 9.47 Å². The molecular weight excluding hydrogens is 312 g/mol. The Morgan fingerprint density at radius 2 is 1.92 bits per heavy atom. The second kappa shape index (κ2) is 8.79. The normalized spacial score (nSPS) is 16.8. The minimum atomic E-state index is -0.755. The number of likely N-dealkylation sites (tertiary alicyclic amines) is 1. The van der Waals surface area contributed by atoms with E-state index >= 15 is 0 Å². The number of carbonyl (C=O) groups excluding carboxylic acids is 2. The third-order valence-corrected chi connectivity index (χ3v) is 4.42. The molecular formula is C16H26N4O4. The zero-order chi connectivity index (χ0) is 17.4. The average Bonchev–Trinajstić information content (AvgIpc) is 3.15. The van der Waals surface area contributed by atoms with Gasteiger partial charge in [0.15, 0.2) is 0 Å². The molecule has 2 amide bonds. The molecule has 24 heavy (non-hydrogen) atoms. The first-order valence-electron chi connectivity index (χ1n) is 8.18. The van der Waals surface area contributed by atoms with Crippen molar-refractivity contribution in [1.82, 2.24) is 20.0 Å². The summed E-state index contributed by atoms with van der Waals surface area (Å²) in [6.45, 7) is 2.38. The molecule has 1 saturated heterocycles. The van der Waals surface area contributed by atoms with Crippen LogP contribution >= 0.6 is 0 Å². The van der Waals surface area contributed by atoms with Crippen molar-refractivity contribution < 1.29 is 19.1 Å². The summed E-state index contributed by atoms with van der Waals surface area (Å²) in [4.78, 5) is 26.7. The van der Waals surface area contributed by atoms with E-state index in [1.165, 1.54) is 0 Å². The molecule has 1 N–H and O–H groups in total. The molecule has 0 bridgehead atoms. The first-order chi connectivity index (χ1) is 11.6. The monoisotopic (exact) mass is 338 g/mol. The molecule has 8 heteroatoms. The smallest absolute Gasteiger partial charge is 0.248 e. The summed E-state index contributed by atoms with van der Waals surface area (Å²) in [5, 5.41) is 7.19. The largest absolute Gasteiger partial charge is 0.384 e. The fourth-order valence-corrected chi connectivity index (χ4v) is 2.99. The summed E-state index contributed by atoms with van der Waals surface area (Å²) >= 11 is 0. The third-order valence-electron chi connectivity index (χ3n) is 4.42. The van der Waals surface area contributed by atoms with E-state index in [0.29, 0.717) is 52.1 Å². The van der Waals surface area contributed by atoms with E-state index in [9.17, 15) is 9.59 Å². The van der Waals surface area contributed by atoms with Crippen LogP contribution in [0.1, 0.15) is 19.3 Å². The van der Waals surface area contributed by atoms with Crippen molar-refractivity contribution >= 4 is 11.8 Å². The zero-order valence-corrected chi connectivity index (χ0v) is 14.4. The summed E-state index contributed by atoms with van der Waals surface area (Å²) in [5.74, 6) is -0.0158. The average molecular weight is 338 g/mol. The van der Waals surface area contributed by atoms with Gasteiger partial charge in [-0.1, -0.05) is 0 Å². The number of hydrogen-bond acceptors (Lipinski definition) is 5. The van der Waals surface area contributed by atoms with Gasteiger partial charge in [-0.05, 0) is 18.9 Å². The highest BCUT2D eigenvalue weighted by atomic mass is 16.5. The quantitative estimate of drug-likeness (QED) is 0.675. The van der Waals surface area contributed by atoms with Gasteiger partial charge in [-0.25, -0.2) is 0 Å². The van der Waals surface area contributed by atoms with Crippen molar-refractivity contribution in [3.05, 3.63) is 18.5 Å². The van der Waals surface area contributed by atoms with Crippen LogP contribution in [-0.2, 0) is 24.6 Å². The fourth-order valence-electron chi connectivity index (χ4n) is 2.99.